The van der Waals surface area contributed by atoms with E-state index < -0.39 is 0 Å². The molecule has 10 rings (SSSR count). The van der Waals surface area contributed by atoms with Gasteiger partial charge in [-0.2, -0.15) is 0 Å². The third kappa shape index (κ3) is 4.77. The average molecular weight is 637 g/mol. The second-order valence-electron chi connectivity index (χ2n) is 12.7. The Kier molecular flexibility index (Phi) is 6.46. The van der Waals surface area contributed by atoms with Gasteiger partial charge >= 0.3 is 0 Å². The lowest BCUT2D eigenvalue weighted by atomic mass is 9.98. The summed E-state index contributed by atoms with van der Waals surface area (Å²) in [6.07, 6.45) is 0. The molecule has 4 heteroatoms. The molecule has 4 nitrogen and oxygen atoms in total. The molecule has 4 heterocycles. The Morgan fingerprint density at radius 2 is 0.880 bits per heavy atom. The van der Waals surface area contributed by atoms with E-state index in [9.17, 15) is 0 Å². The summed E-state index contributed by atoms with van der Waals surface area (Å²) >= 11 is 0. The molecule has 0 bridgehead atoms. The molecule has 0 radical (unpaired) electrons. The van der Waals surface area contributed by atoms with Crippen LogP contribution in [0.25, 0.3) is 99.4 Å². The Morgan fingerprint density at radius 1 is 0.280 bits per heavy atom. The van der Waals surface area contributed by atoms with Gasteiger partial charge < -0.3 is 0 Å². The molecule has 0 saturated carbocycles. The van der Waals surface area contributed by atoms with Crippen molar-refractivity contribution in [2.24, 2.45) is 0 Å². The Labute approximate surface area is 288 Å². The van der Waals surface area contributed by atoms with Gasteiger partial charge in [-0.15, -0.1) is 0 Å². The molecule has 0 unspecified atom stereocenters. The fraction of sp³-hybridized carbons (Fsp3) is 0. The Balaban J connectivity index is 1.19. The van der Waals surface area contributed by atoms with Gasteiger partial charge in [0.2, 0.25) is 0 Å². The molecule has 0 aliphatic carbocycles. The van der Waals surface area contributed by atoms with Gasteiger partial charge in [0.25, 0.3) is 0 Å². The average Bonchev–Trinajstić information content (AvgIpc) is 3.20. The largest absolute Gasteiger partial charge is 0.248 e. The summed E-state index contributed by atoms with van der Waals surface area (Å²) in [5.41, 5.74) is 11.3. The number of fused-ring (bicyclic) bond motifs is 7. The molecule has 0 amide bonds. The molecule has 10 aromatic rings. The zero-order valence-corrected chi connectivity index (χ0v) is 27.0. The maximum absolute atomic E-state index is 5.36. The van der Waals surface area contributed by atoms with Crippen LogP contribution in [0.4, 0.5) is 0 Å². The summed E-state index contributed by atoms with van der Waals surface area (Å²) in [6, 6.07) is 59.1. The monoisotopic (exact) mass is 636 g/mol. The maximum Gasteiger partial charge on any atom is 0.0974 e. The van der Waals surface area contributed by atoms with Gasteiger partial charge in [0.1, 0.15) is 0 Å². The van der Waals surface area contributed by atoms with Crippen LogP contribution >= 0.6 is 0 Å². The second kappa shape index (κ2) is 11.4. The Morgan fingerprint density at radius 3 is 1.64 bits per heavy atom. The summed E-state index contributed by atoms with van der Waals surface area (Å²) < 4.78 is 0. The van der Waals surface area contributed by atoms with Gasteiger partial charge in [0.15, 0.2) is 0 Å². The summed E-state index contributed by atoms with van der Waals surface area (Å²) in [7, 11) is 0. The van der Waals surface area contributed by atoms with Gasteiger partial charge in [-0.05, 0) is 41.1 Å². The first-order valence-corrected chi connectivity index (χ1v) is 16.8. The first kappa shape index (κ1) is 28.3. The summed E-state index contributed by atoms with van der Waals surface area (Å²) in [5.74, 6) is 0. The minimum atomic E-state index is 0.843. The van der Waals surface area contributed by atoms with Crippen LogP contribution in [-0.4, -0.2) is 19.9 Å². The molecule has 6 aromatic carbocycles. The highest BCUT2D eigenvalue weighted by atomic mass is 14.8. The van der Waals surface area contributed by atoms with Crippen molar-refractivity contribution in [1.82, 2.24) is 19.9 Å². The quantitative estimate of drug-likeness (QED) is 0.142. The van der Waals surface area contributed by atoms with Gasteiger partial charge in [-0.1, -0.05) is 140 Å². The number of pyridine rings is 4. The highest BCUT2D eigenvalue weighted by molar-refractivity contribution is 6.14. The van der Waals surface area contributed by atoms with Crippen LogP contribution in [0, 0.1) is 0 Å². The standard InChI is InChI=1S/C46H28N4/c1-3-12-30(13-4-1)40-27-36(28-41(47-40)31-14-5-2-6-15-31)43-37-17-9-10-18-38(37)46-42(49-43)26-35-22-20-32-23-24-39(48-44(32)45(35)50-46)34-21-19-29-11-7-8-16-33(29)25-34/h1-28H. The van der Waals surface area contributed by atoms with Crippen LogP contribution in [0.15, 0.2) is 170 Å². The van der Waals surface area contributed by atoms with E-state index in [0.29, 0.717) is 0 Å². The summed E-state index contributed by atoms with van der Waals surface area (Å²) in [5, 5.41) is 6.57. The van der Waals surface area contributed by atoms with Crippen LogP contribution < -0.4 is 0 Å². The first-order chi connectivity index (χ1) is 24.7. The third-order valence-corrected chi connectivity index (χ3v) is 9.58. The Hall–Kier alpha value is -6.78. The van der Waals surface area contributed by atoms with Crippen molar-refractivity contribution in [3.8, 4) is 45.0 Å². The van der Waals surface area contributed by atoms with Gasteiger partial charge in [0, 0.05) is 43.8 Å². The fourth-order valence-corrected chi connectivity index (χ4v) is 7.08. The van der Waals surface area contributed by atoms with Crippen molar-refractivity contribution in [1.29, 1.82) is 0 Å². The van der Waals surface area contributed by atoms with E-state index in [4.69, 9.17) is 19.9 Å². The number of nitrogens with zero attached hydrogens (tertiary/aromatic N) is 4. The smallest absolute Gasteiger partial charge is 0.0974 e. The van der Waals surface area contributed by atoms with Crippen molar-refractivity contribution >= 4 is 54.4 Å². The zero-order valence-electron chi connectivity index (χ0n) is 27.0. The number of hydrogen-bond donors (Lipinski definition) is 0. The minimum absolute atomic E-state index is 0.843. The number of benzene rings is 6. The zero-order chi connectivity index (χ0) is 33.0. The topological polar surface area (TPSA) is 51.6 Å². The van der Waals surface area contributed by atoms with Crippen molar-refractivity contribution in [3.05, 3.63) is 170 Å². The van der Waals surface area contributed by atoms with Crippen LogP contribution in [0.2, 0.25) is 0 Å². The summed E-state index contributed by atoms with van der Waals surface area (Å²) in [6.45, 7) is 0. The summed E-state index contributed by atoms with van der Waals surface area (Å²) in [4.78, 5) is 21.0. The first-order valence-electron chi connectivity index (χ1n) is 16.8. The van der Waals surface area contributed by atoms with E-state index in [0.717, 1.165) is 88.6 Å². The molecular formula is C46H28N4. The van der Waals surface area contributed by atoms with Crippen molar-refractivity contribution < 1.29 is 0 Å². The SMILES string of the molecule is c1ccc(-c2cc(-c3nc4cc5ccc6ccc(-c7ccc8ccccc8c7)nc6c5nc4c4ccccc34)cc(-c3ccccc3)n2)cc1. The molecule has 0 aliphatic rings. The van der Waals surface area contributed by atoms with E-state index in [1.54, 1.807) is 0 Å². The Bertz CT molecular complexity index is 2860. The molecule has 50 heavy (non-hydrogen) atoms. The van der Waals surface area contributed by atoms with Crippen LogP contribution in [-0.2, 0) is 0 Å². The molecule has 232 valence electrons. The predicted molar refractivity (Wildman–Crippen MR) is 207 cm³/mol. The molecule has 0 saturated heterocycles. The lowest BCUT2D eigenvalue weighted by Gasteiger charge is -2.14. The van der Waals surface area contributed by atoms with Gasteiger partial charge in [0.05, 0.1) is 44.8 Å². The van der Waals surface area contributed by atoms with Gasteiger partial charge in [-0.25, -0.2) is 19.9 Å². The van der Waals surface area contributed by atoms with Gasteiger partial charge in [-0.3, -0.25) is 0 Å². The predicted octanol–water partition coefficient (Wildman–Crippen LogP) is 11.7. The molecule has 0 N–H and O–H groups in total. The normalized spacial score (nSPS) is 11.6. The number of aromatic nitrogens is 4. The van der Waals surface area contributed by atoms with Crippen molar-refractivity contribution in [2.75, 3.05) is 0 Å². The molecule has 0 spiro atoms. The molecule has 0 fully saturated rings. The number of rotatable bonds is 4. The van der Waals surface area contributed by atoms with Crippen molar-refractivity contribution in [3.63, 3.8) is 0 Å². The van der Waals surface area contributed by atoms with E-state index >= 15 is 0 Å². The van der Waals surface area contributed by atoms with Crippen molar-refractivity contribution in [2.45, 2.75) is 0 Å². The maximum atomic E-state index is 5.36. The van der Waals surface area contributed by atoms with E-state index in [1.165, 1.54) is 10.8 Å². The molecule has 4 aromatic heterocycles. The lowest BCUT2D eigenvalue weighted by molar-refractivity contribution is 1.31. The second-order valence-corrected chi connectivity index (χ2v) is 12.7. The molecule has 0 aliphatic heterocycles. The number of hydrogen-bond acceptors (Lipinski definition) is 4. The van der Waals surface area contributed by atoms with E-state index in [-0.39, 0.29) is 0 Å². The third-order valence-electron chi connectivity index (χ3n) is 9.58. The lowest BCUT2D eigenvalue weighted by Crippen LogP contribution is -1.96. The van der Waals surface area contributed by atoms with E-state index in [1.807, 2.05) is 12.1 Å². The highest BCUT2D eigenvalue weighted by Gasteiger charge is 2.17. The highest BCUT2D eigenvalue weighted by Crippen LogP contribution is 2.37. The van der Waals surface area contributed by atoms with Crippen LogP contribution in [0.3, 0.4) is 0 Å². The van der Waals surface area contributed by atoms with E-state index in [2.05, 4.69) is 158 Å². The van der Waals surface area contributed by atoms with Crippen LogP contribution in [0.1, 0.15) is 0 Å². The molecular weight excluding hydrogens is 609 g/mol. The van der Waals surface area contributed by atoms with Crippen LogP contribution in [0.5, 0.6) is 0 Å². The minimum Gasteiger partial charge on any atom is -0.248 e. The molecule has 0 atom stereocenters. The fourth-order valence-electron chi connectivity index (χ4n) is 7.08.